The molecule has 3 aromatic rings. The average Bonchev–Trinajstić information content (AvgIpc) is 3.14. The SMILES string of the molecule is Cc1nc(COc2ccc(Cl)cc2)sc1C(=O)N1CC=C(c2ccccc2)CC1. The quantitative estimate of drug-likeness (QED) is 0.534. The van der Waals surface area contributed by atoms with Crippen LogP contribution in [0.5, 0.6) is 5.75 Å². The highest BCUT2D eigenvalue weighted by atomic mass is 35.5. The Labute approximate surface area is 179 Å². The Morgan fingerprint density at radius 2 is 1.93 bits per heavy atom. The number of halogens is 1. The number of hydrogen-bond donors (Lipinski definition) is 0. The van der Waals surface area contributed by atoms with Gasteiger partial charge in [0.1, 0.15) is 22.2 Å². The topological polar surface area (TPSA) is 42.4 Å². The van der Waals surface area contributed by atoms with Crippen molar-refractivity contribution in [3.63, 3.8) is 0 Å². The first-order valence-electron chi connectivity index (χ1n) is 9.48. The van der Waals surface area contributed by atoms with Gasteiger partial charge in [-0.1, -0.05) is 48.0 Å². The Morgan fingerprint density at radius 1 is 1.17 bits per heavy atom. The van der Waals surface area contributed by atoms with Crippen molar-refractivity contribution in [2.24, 2.45) is 0 Å². The Kier molecular flexibility index (Phi) is 5.97. The molecule has 0 radical (unpaired) electrons. The van der Waals surface area contributed by atoms with Crippen LogP contribution in [0.3, 0.4) is 0 Å². The molecule has 4 rings (SSSR count). The normalized spacial score (nSPS) is 13.9. The number of aromatic nitrogens is 1. The van der Waals surface area contributed by atoms with Crippen LogP contribution in [-0.4, -0.2) is 28.9 Å². The van der Waals surface area contributed by atoms with Crippen molar-refractivity contribution in [1.82, 2.24) is 9.88 Å². The van der Waals surface area contributed by atoms with Crippen molar-refractivity contribution in [1.29, 1.82) is 0 Å². The summed E-state index contributed by atoms with van der Waals surface area (Å²) < 4.78 is 5.76. The van der Waals surface area contributed by atoms with Gasteiger partial charge in [0, 0.05) is 18.1 Å². The Hall–Kier alpha value is -2.63. The van der Waals surface area contributed by atoms with E-state index >= 15 is 0 Å². The van der Waals surface area contributed by atoms with E-state index in [1.807, 2.05) is 42.2 Å². The third kappa shape index (κ3) is 4.69. The van der Waals surface area contributed by atoms with Gasteiger partial charge in [0.05, 0.1) is 5.69 Å². The van der Waals surface area contributed by atoms with Crippen molar-refractivity contribution in [3.8, 4) is 5.75 Å². The van der Waals surface area contributed by atoms with Crippen LogP contribution in [0.15, 0.2) is 60.7 Å². The molecule has 0 bridgehead atoms. The van der Waals surface area contributed by atoms with Gasteiger partial charge in [0.2, 0.25) is 0 Å². The van der Waals surface area contributed by atoms with Crippen molar-refractivity contribution in [3.05, 3.63) is 86.8 Å². The number of ether oxygens (including phenoxy) is 1. The minimum absolute atomic E-state index is 0.0427. The summed E-state index contributed by atoms with van der Waals surface area (Å²) in [5, 5.41) is 1.46. The van der Waals surface area contributed by atoms with Gasteiger partial charge in [0.15, 0.2) is 0 Å². The standard InChI is InChI=1S/C23H21ClN2O2S/c1-16-22(29-21(25-16)15-28-20-9-7-19(24)8-10-20)23(27)26-13-11-18(12-14-26)17-5-3-2-4-6-17/h2-11H,12-15H2,1H3. The first kappa shape index (κ1) is 19.7. The van der Waals surface area contributed by atoms with Crippen LogP contribution in [0.25, 0.3) is 5.57 Å². The van der Waals surface area contributed by atoms with Crippen molar-refractivity contribution in [2.75, 3.05) is 13.1 Å². The van der Waals surface area contributed by atoms with Gasteiger partial charge in [-0.3, -0.25) is 4.79 Å². The molecule has 0 saturated heterocycles. The number of rotatable bonds is 5. The Balaban J connectivity index is 1.40. The Morgan fingerprint density at radius 3 is 2.62 bits per heavy atom. The van der Waals surface area contributed by atoms with Gasteiger partial charge in [-0.15, -0.1) is 11.3 Å². The molecule has 0 aliphatic carbocycles. The molecule has 6 heteroatoms. The number of aryl methyl sites for hydroxylation is 1. The zero-order valence-electron chi connectivity index (χ0n) is 16.1. The molecule has 29 heavy (non-hydrogen) atoms. The molecule has 148 valence electrons. The molecule has 1 amide bonds. The predicted molar refractivity (Wildman–Crippen MR) is 118 cm³/mol. The van der Waals surface area contributed by atoms with Gasteiger partial charge in [-0.2, -0.15) is 0 Å². The maximum atomic E-state index is 13.0. The van der Waals surface area contributed by atoms with Crippen molar-refractivity contribution < 1.29 is 9.53 Å². The summed E-state index contributed by atoms with van der Waals surface area (Å²) >= 11 is 7.30. The lowest BCUT2D eigenvalue weighted by atomic mass is 9.99. The van der Waals surface area contributed by atoms with E-state index in [2.05, 4.69) is 23.2 Å². The summed E-state index contributed by atoms with van der Waals surface area (Å²) in [5.41, 5.74) is 3.29. The van der Waals surface area contributed by atoms with Crippen LogP contribution in [-0.2, 0) is 6.61 Å². The molecule has 4 nitrogen and oxygen atoms in total. The van der Waals surface area contributed by atoms with E-state index < -0.39 is 0 Å². The van der Waals surface area contributed by atoms with Gasteiger partial charge < -0.3 is 9.64 Å². The number of carbonyl (C=O) groups is 1. The smallest absolute Gasteiger partial charge is 0.266 e. The molecule has 0 N–H and O–H groups in total. The lowest BCUT2D eigenvalue weighted by molar-refractivity contribution is 0.0776. The number of nitrogens with zero attached hydrogens (tertiary/aromatic N) is 2. The molecule has 1 aromatic heterocycles. The summed E-state index contributed by atoms with van der Waals surface area (Å²) in [7, 11) is 0. The van der Waals surface area contributed by atoms with E-state index in [9.17, 15) is 4.79 Å². The lowest BCUT2D eigenvalue weighted by Crippen LogP contribution is -2.34. The number of thiazole rings is 1. The third-order valence-electron chi connectivity index (χ3n) is 4.85. The highest BCUT2D eigenvalue weighted by molar-refractivity contribution is 7.13. The Bertz CT molecular complexity index is 1030. The summed E-state index contributed by atoms with van der Waals surface area (Å²) in [6, 6.07) is 17.5. The van der Waals surface area contributed by atoms with E-state index in [0.29, 0.717) is 29.6 Å². The van der Waals surface area contributed by atoms with E-state index in [0.717, 1.165) is 22.9 Å². The first-order valence-corrected chi connectivity index (χ1v) is 10.7. The number of hydrogen-bond acceptors (Lipinski definition) is 4. The maximum absolute atomic E-state index is 13.0. The second kappa shape index (κ2) is 8.80. The fraction of sp³-hybridized carbons (Fsp3) is 0.217. The fourth-order valence-electron chi connectivity index (χ4n) is 3.30. The molecule has 2 aromatic carbocycles. The molecule has 2 heterocycles. The lowest BCUT2D eigenvalue weighted by Gasteiger charge is -2.26. The molecule has 0 spiro atoms. The highest BCUT2D eigenvalue weighted by Gasteiger charge is 2.23. The van der Waals surface area contributed by atoms with E-state index in [-0.39, 0.29) is 5.91 Å². The minimum atomic E-state index is 0.0427. The second-order valence-electron chi connectivity index (χ2n) is 6.86. The molecular formula is C23H21ClN2O2S. The molecule has 0 saturated carbocycles. The molecular weight excluding hydrogens is 404 g/mol. The van der Waals surface area contributed by atoms with Crippen LogP contribution in [0, 0.1) is 6.92 Å². The number of amides is 1. The zero-order chi connectivity index (χ0) is 20.2. The molecule has 1 aliphatic heterocycles. The van der Waals surface area contributed by atoms with E-state index in [1.54, 1.807) is 12.1 Å². The van der Waals surface area contributed by atoms with Crippen LogP contribution in [0.4, 0.5) is 0 Å². The highest BCUT2D eigenvalue weighted by Crippen LogP contribution is 2.26. The monoisotopic (exact) mass is 424 g/mol. The van der Waals surface area contributed by atoms with Gasteiger partial charge in [0.25, 0.3) is 5.91 Å². The number of benzene rings is 2. The largest absolute Gasteiger partial charge is 0.486 e. The predicted octanol–water partition coefficient (Wildman–Crippen LogP) is 5.61. The molecule has 0 fully saturated rings. The van der Waals surface area contributed by atoms with Gasteiger partial charge >= 0.3 is 0 Å². The first-order chi connectivity index (χ1) is 14.1. The van der Waals surface area contributed by atoms with Gasteiger partial charge in [-0.05, 0) is 48.7 Å². The fourth-order valence-corrected chi connectivity index (χ4v) is 4.37. The van der Waals surface area contributed by atoms with Crippen molar-refractivity contribution >= 4 is 34.4 Å². The second-order valence-corrected chi connectivity index (χ2v) is 8.38. The van der Waals surface area contributed by atoms with Crippen LogP contribution < -0.4 is 4.74 Å². The van der Waals surface area contributed by atoms with Crippen LogP contribution in [0.1, 0.15) is 32.4 Å². The molecule has 1 aliphatic rings. The van der Waals surface area contributed by atoms with Crippen LogP contribution in [0.2, 0.25) is 5.02 Å². The van der Waals surface area contributed by atoms with E-state index in [4.69, 9.17) is 16.3 Å². The summed E-state index contributed by atoms with van der Waals surface area (Å²) in [6.07, 6.45) is 3.01. The maximum Gasteiger partial charge on any atom is 0.266 e. The molecule has 0 unspecified atom stereocenters. The zero-order valence-corrected chi connectivity index (χ0v) is 17.7. The summed E-state index contributed by atoms with van der Waals surface area (Å²) in [4.78, 5) is 20.1. The van der Waals surface area contributed by atoms with Crippen LogP contribution >= 0.6 is 22.9 Å². The van der Waals surface area contributed by atoms with E-state index in [1.165, 1.54) is 22.5 Å². The summed E-state index contributed by atoms with van der Waals surface area (Å²) in [6.45, 7) is 3.55. The minimum Gasteiger partial charge on any atom is -0.486 e. The average molecular weight is 425 g/mol. The molecule has 0 atom stereocenters. The van der Waals surface area contributed by atoms with Crippen molar-refractivity contribution in [2.45, 2.75) is 20.0 Å². The summed E-state index contributed by atoms with van der Waals surface area (Å²) in [5.74, 6) is 0.769. The third-order valence-corrected chi connectivity index (χ3v) is 6.22. The number of carbonyl (C=O) groups excluding carboxylic acids is 1. The van der Waals surface area contributed by atoms with Gasteiger partial charge in [-0.25, -0.2) is 4.98 Å².